The van der Waals surface area contributed by atoms with Crippen molar-refractivity contribution in [3.05, 3.63) is 23.8 Å². The Kier molecular flexibility index (Phi) is 3.36. The van der Waals surface area contributed by atoms with E-state index in [2.05, 4.69) is 5.32 Å². The third-order valence-corrected chi connectivity index (χ3v) is 2.57. The highest BCUT2D eigenvalue weighted by Crippen LogP contribution is 2.26. The van der Waals surface area contributed by atoms with Crippen molar-refractivity contribution in [3.63, 3.8) is 0 Å². The summed E-state index contributed by atoms with van der Waals surface area (Å²) in [6.07, 6.45) is 1.97. The Morgan fingerprint density at radius 1 is 1.44 bits per heavy atom. The van der Waals surface area contributed by atoms with Gasteiger partial charge in [-0.3, -0.25) is 4.79 Å². The number of carbonyl (C=O) groups is 2. The van der Waals surface area contributed by atoms with Crippen LogP contribution in [0.15, 0.2) is 18.2 Å². The number of anilines is 1. The van der Waals surface area contributed by atoms with Crippen LogP contribution in [-0.4, -0.2) is 29.6 Å². The summed E-state index contributed by atoms with van der Waals surface area (Å²) >= 11 is 0. The highest BCUT2D eigenvalue weighted by molar-refractivity contribution is 5.93. The van der Waals surface area contributed by atoms with Crippen molar-refractivity contribution in [1.29, 1.82) is 0 Å². The number of amides is 1. The van der Waals surface area contributed by atoms with Crippen LogP contribution in [0.4, 0.5) is 5.69 Å². The van der Waals surface area contributed by atoms with E-state index in [4.69, 9.17) is 15.6 Å². The molecule has 0 aliphatic heterocycles. The van der Waals surface area contributed by atoms with E-state index in [1.54, 1.807) is 0 Å². The maximum Gasteiger partial charge on any atom is 0.339 e. The van der Waals surface area contributed by atoms with Crippen LogP contribution in [0.25, 0.3) is 0 Å². The Balaban J connectivity index is 2.03. The lowest BCUT2D eigenvalue weighted by atomic mass is 10.2. The maximum absolute atomic E-state index is 11.4. The lowest BCUT2D eigenvalue weighted by Gasteiger charge is -2.11. The normalized spacial score (nSPS) is 14.0. The zero-order valence-electron chi connectivity index (χ0n) is 9.68. The number of nitrogens with two attached hydrogens (primary N) is 1. The van der Waals surface area contributed by atoms with Gasteiger partial charge in [-0.05, 0) is 25.0 Å². The zero-order valence-corrected chi connectivity index (χ0v) is 9.68. The predicted molar refractivity (Wildman–Crippen MR) is 64.5 cm³/mol. The van der Waals surface area contributed by atoms with Crippen molar-refractivity contribution in [2.75, 3.05) is 12.3 Å². The largest absolute Gasteiger partial charge is 0.481 e. The number of nitrogen functional groups attached to an aromatic ring is 1. The predicted octanol–water partition coefficient (Wildman–Crippen LogP) is 0.624. The molecular weight excluding hydrogens is 236 g/mol. The van der Waals surface area contributed by atoms with Crippen LogP contribution in [0, 0.1) is 0 Å². The molecule has 18 heavy (non-hydrogen) atoms. The zero-order chi connectivity index (χ0) is 13.1. The second-order valence-corrected chi connectivity index (χ2v) is 4.16. The molecule has 0 atom stereocenters. The van der Waals surface area contributed by atoms with E-state index in [1.165, 1.54) is 18.2 Å². The van der Waals surface area contributed by atoms with Gasteiger partial charge in [0, 0.05) is 6.04 Å². The highest BCUT2D eigenvalue weighted by atomic mass is 16.5. The summed E-state index contributed by atoms with van der Waals surface area (Å²) in [6, 6.07) is 4.68. The first kappa shape index (κ1) is 12.2. The maximum atomic E-state index is 11.4. The molecule has 1 amide bonds. The number of hydrogen-bond acceptors (Lipinski definition) is 4. The fourth-order valence-electron chi connectivity index (χ4n) is 1.52. The molecule has 1 aliphatic carbocycles. The standard InChI is InChI=1S/C12H14N2O4/c13-9-3-1-2-8(12(16)17)11(9)18-6-10(15)14-7-4-5-7/h1-3,7H,4-6,13H2,(H,14,15)(H,16,17). The third-order valence-electron chi connectivity index (χ3n) is 2.57. The van der Waals surface area contributed by atoms with Gasteiger partial charge in [0.15, 0.2) is 12.4 Å². The molecule has 96 valence electrons. The number of carboxylic acid groups (broad SMARTS) is 1. The molecule has 6 nitrogen and oxygen atoms in total. The Morgan fingerprint density at radius 3 is 2.78 bits per heavy atom. The molecular formula is C12H14N2O4. The summed E-state index contributed by atoms with van der Waals surface area (Å²) < 4.78 is 5.20. The number of hydrogen-bond donors (Lipinski definition) is 3. The highest BCUT2D eigenvalue weighted by Gasteiger charge is 2.23. The first-order chi connectivity index (χ1) is 8.58. The number of nitrogens with one attached hydrogen (secondary N) is 1. The van der Waals surface area contributed by atoms with Crippen molar-refractivity contribution >= 4 is 17.6 Å². The smallest absolute Gasteiger partial charge is 0.339 e. The lowest BCUT2D eigenvalue weighted by Crippen LogP contribution is -2.30. The lowest BCUT2D eigenvalue weighted by molar-refractivity contribution is -0.123. The van der Waals surface area contributed by atoms with E-state index in [0.717, 1.165) is 12.8 Å². The van der Waals surface area contributed by atoms with Crippen molar-refractivity contribution < 1.29 is 19.4 Å². The molecule has 0 bridgehead atoms. The first-order valence-electron chi connectivity index (χ1n) is 5.62. The molecule has 1 aromatic rings. The number of benzene rings is 1. The number of rotatable bonds is 5. The fourth-order valence-corrected chi connectivity index (χ4v) is 1.52. The van der Waals surface area contributed by atoms with Gasteiger partial charge in [-0.2, -0.15) is 0 Å². The summed E-state index contributed by atoms with van der Waals surface area (Å²) in [5, 5.41) is 11.7. The van der Waals surface area contributed by atoms with Gasteiger partial charge in [0.05, 0.1) is 5.69 Å². The Morgan fingerprint density at radius 2 is 2.17 bits per heavy atom. The van der Waals surface area contributed by atoms with Crippen LogP contribution in [0.3, 0.4) is 0 Å². The van der Waals surface area contributed by atoms with Crippen LogP contribution >= 0.6 is 0 Å². The van der Waals surface area contributed by atoms with Gasteiger partial charge >= 0.3 is 5.97 Å². The summed E-state index contributed by atoms with van der Waals surface area (Å²) in [7, 11) is 0. The van der Waals surface area contributed by atoms with Crippen LogP contribution in [0.5, 0.6) is 5.75 Å². The summed E-state index contributed by atoms with van der Waals surface area (Å²) in [6.45, 7) is -0.231. The van der Waals surface area contributed by atoms with Crippen molar-refractivity contribution in [1.82, 2.24) is 5.32 Å². The molecule has 1 fully saturated rings. The van der Waals surface area contributed by atoms with Gasteiger partial charge < -0.3 is 20.9 Å². The van der Waals surface area contributed by atoms with Gasteiger partial charge in [-0.1, -0.05) is 6.07 Å². The van der Waals surface area contributed by atoms with Gasteiger partial charge in [-0.15, -0.1) is 0 Å². The minimum atomic E-state index is -1.14. The van der Waals surface area contributed by atoms with Crippen molar-refractivity contribution in [2.24, 2.45) is 0 Å². The minimum Gasteiger partial charge on any atom is -0.481 e. The van der Waals surface area contributed by atoms with Crippen LogP contribution in [-0.2, 0) is 4.79 Å². The molecule has 1 saturated carbocycles. The molecule has 0 radical (unpaired) electrons. The van der Waals surface area contributed by atoms with E-state index >= 15 is 0 Å². The van der Waals surface area contributed by atoms with Crippen LogP contribution in [0.2, 0.25) is 0 Å². The quantitative estimate of drug-likeness (QED) is 0.665. The minimum absolute atomic E-state index is 0.0379. The molecule has 1 aromatic carbocycles. The van der Waals surface area contributed by atoms with E-state index in [-0.39, 0.29) is 35.6 Å². The van der Waals surface area contributed by atoms with Gasteiger partial charge in [0.25, 0.3) is 5.91 Å². The summed E-state index contributed by atoms with van der Waals surface area (Å²) in [5.74, 6) is -1.37. The number of aromatic carboxylic acids is 1. The molecule has 4 N–H and O–H groups in total. The van der Waals surface area contributed by atoms with E-state index in [9.17, 15) is 9.59 Å². The Labute approximate surface area is 104 Å². The van der Waals surface area contributed by atoms with Crippen LogP contribution in [0.1, 0.15) is 23.2 Å². The van der Waals surface area contributed by atoms with Gasteiger partial charge in [0.1, 0.15) is 5.56 Å². The molecule has 0 heterocycles. The van der Waals surface area contributed by atoms with E-state index < -0.39 is 5.97 Å². The Bertz CT molecular complexity index is 483. The third kappa shape index (κ3) is 2.91. The van der Waals surface area contributed by atoms with E-state index in [0.29, 0.717) is 0 Å². The molecule has 0 saturated heterocycles. The average Bonchev–Trinajstić information content (AvgIpc) is 3.10. The molecule has 1 aliphatic rings. The fraction of sp³-hybridized carbons (Fsp3) is 0.333. The van der Waals surface area contributed by atoms with Gasteiger partial charge in [0.2, 0.25) is 0 Å². The average molecular weight is 250 g/mol. The first-order valence-corrected chi connectivity index (χ1v) is 5.62. The summed E-state index contributed by atoms with van der Waals surface area (Å²) in [5.41, 5.74) is 5.79. The molecule has 0 unspecified atom stereocenters. The molecule has 0 aromatic heterocycles. The summed E-state index contributed by atoms with van der Waals surface area (Å²) in [4.78, 5) is 22.4. The number of ether oxygens (including phenoxy) is 1. The van der Waals surface area contributed by atoms with Crippen molar-refractivity contribution in [2.45, 2.75) is 18.9 Å². The number of carboxylic acids is 1. The second-order valence-electron chi connectivity index (χ2n) is 4.16. The number of para-hydroxylation sites is 1. The second kappa shape index (κ2) is 4.95. The molecule has 0 spiro atoms. The Hall–Kier alpha value is -2.24. The van der Waals surface area contributed by atoms with Gasteiger partial charge in [-0.25, -0.2) is 4.79 Å². The molecule has 6 heteroatoms. The SMILES string of the molecule is Nc1cccc(C(=O)O)c1OCC(=O)NC1CC1. The topological polar surface area (TPSA) is 102 Å². The molecule has 2 rings (SSSR count). The van der Waals surface area contributed by atoms with Crippen LogP contribution < -0.4 is 15.8 Å². The van der Waals surface area contributed by atoms with Crippen molar-refractivity contribution in [3.8, 4) is 5.75 Å². The van der Waals surface area contributed by atoms with E-state index in [1.807, 2.05) is 0 Å². The number of carbonyl (C=O) groups excluding carboxylic acids is 1. The monoisotopic (exact) mass is 250 g/mol.